The van der Waals surface area contributed by atoms with Crippen LogP contribution in [0, 0.1) is 5.92 Å². The molecule has 0 aromatic rings. The minimum absolute atomic E-state index is 0.118. The smallest absolute Gasteiger partial charge is 0.0680 e. The third-order valence-electron chi connectivity index (χ3n) is 3.41. The fraction of sp³-hybridized carbons (Fsp3) is 1.00. The highest BCUT2D eigenvalue weighted by molar-refractivity contribution is 4.94. The second kappa shape index (κ2) is 4.60. The number of aliphatic hydroxyl groups is 1. The van der Waals surface area contributed by atoms with Crippen LogP contribution in [0.4, 0.5) is 0 Å². The van der Waals surface area contributed by atoms with Gasteiger partial charge in [0.25, 0.3) is 0 Å². The van der Waals surface area contributed by atoms with Gasteiger partial charge >= 0.3 is 0 Å². The molecule has 3 nitrogen and oxygen atoms in total. The monoisotopic (exact) mass is 198 g/mol. The van der Waals surface area contributed by atoms with Gasteiger partial charge in [-0.3, -0.25) is 0 Å². The second-order valence-electron chi connectivity index (χ2n) is 4.79. The van der Waals surface area contributed by atoms with Crippen LogP contribution >= 0.6 is 0 Å². The van der Waals surface area contributed by atoms with E-state index in [9.17, 15) is 5.11 Å². The first-order chi connectivity index (χ1) is 6.79. The van der Waals surface area contributed by atoms with Crippen molar-refractivity contribution < 1.29 is 5.11 Å². The van der Waals surface area contributed by atoms with Crippen LogP contribution in [0.25, 0.3) is 0 Å². The molecule has 0 spiro atoms. The van der Waals surface area contributed by atoms with Gasteiger partial charge < -0.3 is 15.7 Å². The maximum Gasteiger partial charge on any atom is 0.0680 e. The van der Waals surface area contributed by atoms with Crippen LogP contribution < -0.4 is 10.6 Å². The zero-order chi connectivity index (χ0) is 9.97. The predicted octanol–water partition coefficient (Wildman–Crippen LogP) is 0.487. The molecule has 14 heavy (non-hydrogen) atoms. The molecular weight excluding hydrogens is 176 g/mol. The number of rotatable bonds is 5. The molecule has 0 aromatic carbocycles. The van der Waals surface area contributed by atoms with Crippen molar-refractivity contribution in [1.29, 1.82) is 0 Å². The van der Waals surface area contributed by atoms with Crippen LogP contribution in [0.5, 0.6) is 0 Å². The molecule has 82 valence electrons. The Bertz CT molecular complexity index is 186. The topological polar surface area (TPSA) is 44.3 Å². The van der Waals surface area contributed by atoms with Gasteiger partial charge in [-0.15, -0.1) is 0 Å². The molecule has 2 aliphatic rings. The maximum atomic E-state index is 9.33. The van der Waals surface area contributed by atoms with E-state index in [-0.39, 0.29) is 6.10 Å². The highest BCUT2D eigenvalue weighted by Gasteiger charge is 2.36. The fourth-order valence-corrected chi connectivity index (χ4v) is 2.43. The normalized spacial score (nSPS) is 41.6. The van der Waals surface area contributed by atoms with Gasteiger partial charge in [0, 0.05) is 25.2 Å². The van der Waals surface area contributed by atoms with Gasteiger partial charge in [0.1, 0.15) is 0 Å². The molecule has 3 heteroatoms. The molecule has 2 rings (SSSR count). The molecule has 0 aromatic heterocycles. The average molecular weight is 198 g/mol. The third kappa shape index (κ3) is 2.69. The lowest BCUT2D eigenvalue weighted by Gasteiger charge is -2.10. The number of β-amino-alcohol motifs (C(OH)–C–C–N with tert-alkyl or cyclic N) is 1. The van der Waals surface area contributed by atoms with E-state index in [1.807, 2.05) is 0 Å². The summed E-state index contributed by atoms with van der Waals surface area (Å²) >= 11 is 0. The van der Waals surface area contributed by atoms with Gasteiger partial charge in [0.15, 0.2) is 0 Å². The highest BCUT2D eigenvalue weighted by Crippen LogP contribution is 2.34. The molecule has 1 saturated carbocycles. The molecule has 1 saturated heterocycles. The summed E-state index contributed by atoms with van der Waals surface area (Å²) in [5.41, 5.74) is 0. The van der Waals surface area contributed by atoms with Crippen molar-refractivity contribution in [3.63, 3.8) is 0 Å². The molecule has 4 unspecified atom stereocenters. The Morgan fingerprint density at radius 1 is 1.43 bits per heavy atom. The Kier molecular flexibility index (Phi) is 3.42. The molecule has 0 amide bonds. The van der Waals surface area contributed by atoms with E-state index < -0.39 is 0 Å². The summed E-state index contributed by atoms with van der Waals surface area (Å²) < 4.78 is 0. The Labute approximate surface area is 86.3 Å². The molecule has 0 radical (unpaired) electrons. The molecule has 0 bridgehead atoms. The summed E-state index contributed by atoms with van der Waals surface area (Å²) in [4.78, 5) is 0. The van der Waals surface area contributed by atoms with Gasteiger partial charge in [-0.1, -0.05) is 13.3 Å². The molecule has 3 N–H and O–H groups in total. The van der Waals surface area contributed by atoms with Crippen molar-refractivity contribution in [3.8, 4) is 0 Å². The second-order valence-corrected chi connectivity index (χ2v) is 4.79. The van der Waals surface area contributed by atoms with Gasteiger partial charge in [0.05, 0.1) is 6.10 Å². The van der Waals surface area contributed by atoms with Crippen molar-refractivity contribution in [2.75, 3.05) is 13.1 Å². The lowest BCUT2D eigenvalue weighted by molar-refractivity contribution is 0.193. The Balaban J connectivity index is 1.56. The first-order valence-corrected chi connectivity index (χ1v) is 5.94. The minimum atomic E-state index is -0.118. The van der Waals surface area contributed by atoms with Crippen LogP contribution in [-0.2, 0) is 0 Å². The summed E-state index contributed by atoms with van der Waals surface area (Å²) in [6, 6.07) is 1.27. The third-order valence-corrected chi connectivity index (χ3v) is 3.41. The van der Waals surface area contributed by atoms with E-state index in [4.69, 9.17) is 0 Å². The van der Waals surface area contributed by atoms with E-state index in [0.717, 1.165) is 31.5 Å². The van der Waals surface area contributed by atoms with Crippen molar-refractivity contribution in [1.82, 2.24) is 10.6 Å². The molecule has 2 fully saturated rings. The van der Waals surface area contributed by atoms with E-state index in [1.165, 1.54) is 19.3 Å². The van der Waals surface area contributed by atoms with E-state index in [1.54, 1.807) is 0 Å². The molecule has 4 atom stereocenters. The Morgan fingerprint density at radius 2 is 2.29 bits per heavy atom. The van der Waals surface area contributed by atoms with Crippen molar-refractivity contribution in [2.24, 2.45) is 5.92 Å². The number of hydrogen-bond acceptors (Lipinski definition) is 3. The summed E-state index contributed by atoms with van der Waals surface area (Å²) in [5.74, 6) is 0.936. The zero-order valence-corrected chi connectivity index (χ0v) is 9.00. The first-order valence-electron chi connectivity index (χ1n) is 5.94. The summed E-state index contributed by atoms with van der Waals surface area (Å²) in [6.07, 6.45) is 4.84. The molecule has 1 heterocycles. The van der Waals surface area contributed by atoms with Crippen molar-refractivity contribution in [3.05, 3.63) is 0 Å². The minimum Gasteiger partial charge on any atom is -0.392 e. The van der Waals surface area contributed by atoms with E-state index >= 15 is 0 Å². The quantitative estimate of drug-likeness (QED) is 0.602. The summed E-state index contributed by atoms with van der Waals surface area (Å²) in [6.45, 7) is 4.06. The van der Waals surface area contributed by atoms with Crippen LogP contribution in [0.15, 0.2) is 0 Å². The Hall–Kier alpha value is -0.120. The average Bonchev–Trinajstić information content (AvgIpc) is 2.77. The largest absolute Gasteiger partial charge is 0.392 e. The summed E-state index contributed by atoms with van der Waals surface area (Å²) in [5, 5.41) is 16.2. The highest BCUT2D eigenvalue weighted by atomic mass is 16.3. The predicted molar refractivity (Wildman–Crippen MR) is 57.2 cm³/mol. The lowest BCUT2D eigenvalue weighted by Crippen LogP contribution is -2.35. The number of aliphatic hydroxyl groups excluding tert-OH is 1. The van der Waals surface area contributed by atoms with Crippen LogP contribution in [0.3, 0.4) is 0 Å². The van der Waals surface area contributed by atoms with Gasteiger partial charge in [-0.25, -0.2) is 0 Å². The summed E-state index contributed by atoms with van der Waals surface area (Å²) in [7, 11) is 0. The Morgan fingerprint density at radius 3 is 2.93 bits per heavy atom. The van der Waals surface area contributed by atoms with E-state index in [0.29, 0.717) is 6.04 Å². The zero-order valence-electron chi connectivity index (χ0n) is 9.00. The van der Waals surface area contributed by atoms with Crippen LogP contribution in [0.1, 0.15) is 32.6 Å². The first kappa shape index (κ1) is 10.4. The molecule has 1 aliphatic heterocycles. The molecular formula is C11H22N2O. The standard InChI is InChI=1S/C11H22N2O/c1-2-3-8-4-11(8)13-6-9-5-10(14)7-12-9/h8-14H,2-7H2,1H3. The van der Waals surface area contributed by atoms with E-state index in [2.05, 4.69) is 17.6 Å². The van der Waals surface area contributed by atoms with Crippen molar-refractivity contribution in [2.45, 2.75) is 50.8 Å². The molecule has 1 aliphatic carbocycles. The van der Waals surface area contributed by atoms with Crippen LogP contribution in [0.2, 0.25) is 0 Å². The SMILES string of the molecule is CCCC1CC1NCC1CC(O)CN1. The van der Waals surface area contributed by atoms with Crippen molar-refractivity contribution >= 4 is 0 Å². The fourth-order valence-electron chi connectivity index (χ4n) is 2.43. The van der Waals surface area contributed by atoms with Gasteiger partial charge in [-0.05, 0) is 25.2 Å². The maximum absolute atomic E-state index is 9.33. The lowest BCUT2D eigenvalue weighted by atomic mass is 10.2. The number of hydrogen-bond donors (Lipinski definition) is 3. The number of nitrogens with one attached hydrogen (secondary N) is 2. The van der Waals surface area contributed by atoms with Gasteiger partial charge in [0.2, 0.25) is 0 Å². The van der Waals surface area contributed by atoms with Crippen LogP contribution in [-0.4, -0.2) is 36.4 Å². The van der Waals surface area contributed by atoms with Gasteiger partial charge in [-0.2, -0.15) is 0 Å².